The van der Waals surface area contributed by atoms with Gasteiger partial charge in [-0.2, -0.15) is 0 Å². The van der Waals surface area contributed by atoms with Crippen molar-refractivity contribution in [1.82, 2.24) is 9.55 Å². The van der Waals surface area contributed by atoms with Crippen LogP contribution >= 0.6 is 0 Å². The zero-order valence-electron chi connectivity index (χ0n) is 12.4. The Morgan fingerprint density at radius 3 is 2.55 bits per heavy atom. The summed E-state index contributed by atoms with van der Waals surface area (Å²) in [6, 6.07) is 8.50. The van der Waals surface area contributed by atoms with Gasteiger partial charge in [-0.15, -0.1) is 0 Å². The molecular formula is C16H23N3O. The second-order valence-corrected chi connectivity index (χ2v) is 5.26. The van der Waals surface area contributed by atoms with Crippen molar-refractivity contribution < 1.29 is 4.74 Å². The Hall–Kier alpha value is -1.81. The van der Waals surface area contributed by atoms with Crippen molar-refractivity contribution in [3.63, 3.8) is 0 Å². The fourth-order valence-electron chi connectivity index (χ4n) is 2.11. The predicted octanol–water partition coefficient (Wildman–Crippen LogP) is 3.45. The van der Waals surface area contributed by atoms with E-state index in [4.69, 9.17) is 10.5 Å². The van der Waals surface area contributed by atoms with Crippen LogP contribution < -0.4 is 10.5 Å². The molecule has 1 aromatic carbocycles. The van der Waals surface area contributed by atoms with Gasteiger partial charge in [-0.25, -0.2) is 4.98 Å². The molecule has 1 aromatic heterocycles. The molecule has 2 rings (SSSR count). The van der Waals surface area contributed by atoms with Crippen molar-refractivity contribution in [3.05, 3.63) is 48.0 Å². The van der Waals surface area contributed by atoms with Crippen molar-refractivity contribution in [1.29, 1.82) is 0 Å². The standard InChI is InChI=1S/C16H23N3O/c1-4-16(17)13-5-7-15(8-6-13)20-10-14-9-18-11-19(14)12(2)3/h5-9,11-12,16H,4,10,17H2,1-3H3/t16-/m0/s1. The van der Waals surface area contributed by atoms with Crippen LogP contribution in [0.1, 0.15) is 50.5 Å². The number of hydrogen-bond donors (Lipinski definition) is 1. The Morgan fingerprint density at radius 1 is 1.25 bits per heavy atom. The molecule has 108 valence electrons. The summed E-state index contributed by atoms with van der Waals surface area (Å²) in [6.07, 6.45) is 4.63. The zero-order valence-corrected chi connectivity index (χ0v) is 12.4. The molecule has 1 heterocycles. The van der Waals surface area contributed by atoms with Gasteiger partial charge in [0.05, 0.1) is 18.2 Å². The monoisotopic (exact) mass is 273 g/mol. The summed E-state index contributed by atoms with van der Waals surface area (Å²) < 4.78 is 7.92. The zero-order chi connectivity index (χ0) is 14.5. The van der Waals surface area contributed by atoms with E-state index in [1.807, 2.05) is 36.8 Å². The van der Waals surface area contributed by atoms with Crippen LogP contribution in [-0.4, -0.2) is 9.55 Å². The highest BCUT2D eigenvalue weighted by molar-refractivity contribution is 5.29. The number of benzene rings is 1. The van der Waals surface area contributed by atoms with Crippen LogP contribution in [0.5, 0.6) is 5.75 Å². The fourth-order valence-corrected chi connectivity index (χ4v) is 2.11. The maximum absolute atomic E-state index is 6.00. The minimum atomic E-state index is 0.103. The number of rotatable bonds is 6. The highest BCUT2D eigenvalue weighted by Crippen LogP contribution is 2.19. The van der Waals surface area contributed by atoms with E-state index in [2.05, 4.69) is 30.3 Å². The lowest BCUT2D eigenvalue weighted by molar-refractivity contribution is 0.292. The first-order chi connectivity index (χ1) is 9.61. The van der Waals surface area contributed by atoms with Gasteiger partial charge < -0.3 is 15.0 Å². The quantitative estimate of drug-likeness (QED) is 0.877. The van der Waals surface area contributed by atoms with Gasteiger partial charge in [-0.1, -0.05) is 19.1 Å². The highest BCUT2D eigenvalue weighted by atomic mass is 16.5. The van der Waals surface area contributed by atoms with Crippen LogP contribution in [0.15, 0.2) is 36.8 Å². The van der Waals surface area contributed by atoms with E-state index in [1.165, 1.54) is 0 Å². The minimum absolute atomic E-state index is 0.103. The molecule has 0 bridgehead atoms. The molecule has 0 radical (unpaired) electrons. The summed E-state index contributed by atoms with van der Waals surface area (Å²) in [5.41, 5.74) is 8.22. The molecule has 4 nitrogen and oxygen atoms in total. The molecule has 0 spiro atoms. The fraction of sp³-hybridized carbons (Fsp3) is 0.438. The maximum Gasteiger partial charge on any atom is 0.130 e. The van der Waals surface area contributed by atoms with Gasteiger partial charge in [0.25, 0.3) is 0 Å². The minimum Gasteiger partial charge on any atom is -0.487 e. The third kappa shape index (κ3) is 3.39. The van der Waals surface area contributed by atoms with Gasteiger partial charge in [0.1, 0.15) is 12.4 Å². The first kappa shape index (κ1) is 14.6. The Bertz CT molecular complexity index is 531. The lowest BCUT2D eigenvalue weighted by atomic mass is 10.1. The average Bonchev–Trinajstić information content (AvgIpc) is 2.93. The number of ether oxygens (including phenoxy) is 1. The molecule has 0 saturated heterocycles. The Morgan fingerprint density at radius 2 is 1.95 bits per heavy atom. The first-order valence-electron chi connectivity index (χ1n) is 7.10. The van der Waals surface area contributed by atoms with Gasteiger partial charge in [0, 0.05) is 12.1 Å². The van der Waals surface area contributed by atoms with E-state index in [9.17, 15) is 0 Å². The van der Waals surface area contributed by atoms with Gasteiger partial charge in [-0.05, 0) is 38.0 Å². The SMILES string of the molecule is CC[C@H](N)c1ccc(OCc2cncn2C(C)C)cc1. The summed E-state index contributed by atoms with van der Waals surface area (Å²) >= 11 is 0. The predicted molar refractivity (Wildman–Crippen MR) is 80.6 cm³/mol. The third-order valence-corrected chi connectivity index (χ3v) is 3.44. The largest absolute Gasteiger partial charge is 0.487 e. The van der Waals surface area contributed by atoms with Crippen molar-refractivity contribution in [2.75, 3.05) is 0 Å². The maximum atomic E-state index is 6.00. The number of nitrogens with two attached hydrogens (primary N) is 1. The molecule has 0 unspecified atom stereocenters. The number of hydrogen-bond acceptors (Lipinski definition) is 3. The molecular weight excluding hydrogens is 250 g/mol. The van der Waals surface area contributed by atoms with Crippen molar-refractivity contribution in [2.45, 2.75) is 45.9 Å². The van der Waals surface area contributed by atoms with E-state index >= 15 is 0 Å². The van der Waals surface area contributed by atoms with Crippen molar-refractivity contribution in [3.8, 4) is 5.75 Å². The Kier molecular flexibility index (Phi) is 4.79. The van der Waals surface area contributed by atoms with Crippen LogP contribution in [0.3, 0.4) is 0 Å². The first-order valence-corrected chi connectivity index (χ1v) is 7.10. The Labute approximate surface area is 120 Å². The summed E-state index contributed by atoms with van der Waals surface area (Å²) in [7, 11) is 0. The highest BCUT2D eigenvalue weighted by Gasteiger charge is 2.07. The molecule has 0 aliphatic rings. The summed E-state index contributed by atoms with van der Waals surface area (Å²) in [6.45, 7) is 6.87. The molecule has 0 aliphatic heterocycles. The molecule has 2 N–H and O–H groups in total. The summed E-state index contributed by atoms with van der Waals surface area (Å²) in [5, 5.41) is 0. The smallest absolute Gasteiger partial charge is 0.130 e. The normalized spacial score (nSPS) is 12.7. The van der Waals surface area contributed by atoms with Crippen LogP contribution in [0.25, 0.3) is 0 Å². The van der Waals surface area contributed by atoms with Gasteiger partial charge in [-0.3, -0.25) is 0 Å². The van der Waals surface area contributed by atoms with Crippen molar-refractivity contribution in [2.24, 2.45) is 5.73 Å². The molecule has 2 aromatic rings. The van der Waals surface area contributed by atoms with Gasteiger partial charge in [0.15, 0.2) is 0 Å². The van der Waals surface area contributed by atoms with Crippen LogP contribution in [-0.2, 0) is 6.61 Å². The number of nitrogens with zero attached hydrogens (tertiary/aromatic N) is 2. The van der Waals surface area contributed by atoms with Gasteiger partial charge >= 0.3 is 0 Å². The van der Waals surface area contributed by atoms with E-state index in [0.717, 1.165) is 23.4 Å². The lowest BCUT2D eigenvalue weighted by Crippen LogP contribution is -2.09. The molecule has 4 heteroatoms. The second kappa shape index (κ2) is 6.57. The van der Waals surface area contributed by atoms with E-state index < -0.39 is 0 Å². The molecule has 0 fully saturated rings. The van der Waals surface area contributed by atoms with E-state index in [-0.39, 0.29) is 6.04 Å². The van der Waals surface area contributed by atoms with Crippen LogP contribution in [0.2, 0.25) is 0 Å². The van der Waals surface area contributed by atoms with Crippen LogP contribution in [0.4, 0.5) is 0 Å². The number of imidazole rings is 1. The second-order valence-electron chi connectivity index (χ2n) is 5.26. The lowest BCUT2D eigenvalue weighted by Gasteiger charge is -2.13. The topological polar surface area (TPSA) is 53.1 Å². The summed E-state index contributed by atoms with van der Waals surface area (Å²) in [5.74, 6) is 0.855. The average molecular weight is 273 g/mol. The summed E-state index contributed by atoms with van der Waals surface area (Å²) in [4.78, 5) is 4.17. The van der Waals surface area contributed by atoms with E-state index in [1.54, 1.807) is 0 Å². The third-order valence-electron chi connectivity index (χ3n) is 3.44. The molecule has 0 amide bonds. The Balaban J connectivity index is 1.99. The number of aromatic nitrogens is 2. The van der Waals surface area contributed by atoms with Crippen molar-refractivity contribution >= 4 is 0 Å². The van der Waals surface area contributed by atoms with E-state index in [0.29, 0.717) is 12.6 Å². The molecule has 1 atom stereocenters. The molecule has 20 heavy (non-hydrogen) atoms. The van der Waals surface area contributed by atoms with Gasteiger partial charge in [0.2, 0.25) is 0 Å². The molecule has 0 saturated carbocycles. The molecule has 0 aliphatic carbocycles. The van der Waals surface area contributed by atoms with Crippen LogP contribution in [0, 0.1) is 0 Å².